The highest BCUT2D eigenvalue weighted by atomic mass is 32.2. The predicted molar refractivity (Wildman–Crippen MR) is 163 cm³/mol. The number of carbonyl (C=O) groups excluding carboxylic acids is 2. The zero-order valence-corrected chi connectivity index (χ0v) is 24.9. The number of pyridine rings is 2. The Kier molecular flexibility index (Phi) is 7.69. The smallest absolute Gasteiger partial charge is 0.326 e. The van der Waals surface area contributed by atoms with Crippen LogP contribution in [0.15, 0.2) is 82.9 Å². The fourth-order valence-corrected chi connectivity index (χ4v) is 6.42. The van der Waals surface area contributed by atoms with E-state index in [1.807, 2.05) is 0 Å². The maximum absolute atomic E-state index is 15.0. The molecule has 13 nitrogen and oxygen atoms in total. The Labute approximate surface area is 260 Å². The molecule has 1 amide bonds. The van der Waals surface area contributed by atoms with Crippen molar-refractivity contribution in [2.24, 2.45) is 7.05 Å². The van der Waals surface area contributed by atoms with Crippen molar-refractivity contribution < 1.29 is 32.3 Å². The first-order chi connectivity index (χ1) is 21.9. The topological polar surface area (TPSA) is 182 Å². The van der Waals surface area contributed by atoms with Crippen LogP contribution in [0, 0.1) is 5.82 Å². The third-order valence-electron chi connectivity index (χ3n) is 7.72. The number of halogens is 1. The maximum atomic E-state index is 15.0. The Balaban J connectivity index is 1.15. The number of fused-ring (bicyclic) bond motifs is 2. The number of rotatable bonds is 9. The van der Waals surface area contributed by atoms with E-state index in [9.17, 15) is 32.7 Å². The number of benzene rings is 2. The molecule has 1 aliphatic rings. The summed E-state index contributed by atoms with van der Waals surface area (Å²) in [6, 6.07) is 10.4. The van der Waals surface area contributed by atoms with Crippen LogP contribution in [0.4, 0.5) is 10.1 Å². The number of hydrogen-bond donors (Lipinski definition) is 3. The quantitative estimate of drug-likeness (QED) is 0.217. The average molecular weight is 645 g/mol. The Bertz CT molecular complexity index is 2230. The molecule has 3 heterocycles. The molecule has 15 heteroatoms. The standard InChI is InChI=1S/C31H25FN6O7S/c1-37-27-16-33-11-10-23(27)30(41)38(37)20-6-4-18(34-15-20)13-26(31(42)43)35-29(40)22-8-5-19(12-25(22)32)36-46(44,45)21-7-2-17-3-9-28(39)24(17)14-21/h2,4-8,10-12,14-16,26,36H,3,9,13H2,1H3,(H,35,40)(H,42,43)/t26-/m0/s1. The summed E-state index contributed by atoms with van der Waals surface area (Å²) in [5.74, 6) is -3.68. The molecule has 0 saturated carbocycles. The lowest BCUT2D eigenvalue weighted by molar-refractivity contribution is -0.139. The van der Waals surface area contributed by atoms with E-state index < -0.39 is 39.3 Å². The lowest BCUT2D eigenvalue weighted by Gasteiger charge is -2.16. The number of aryl methyl sites for hydroxylation is 2. The fourth-order valence-electron chi connectivity index (χ4n) is 5.34. The first kappa shape index (κ1) is 30.3. The van der Waals surface area contributed by atoms with E-state index in [4.69, 9.17) is 0 Å². The SMILES string of the molecule is Cn1c2cnccc2c(=O)n1-c1ccc(C[C@H](NC(=O)c2ccc(NS(=O)(=O)c3ccc4c(c3)C(=O)CC4)cc2F)C(=O)O)nc1. The molecule has 234 valence electrons. The third kappa shape index (κ3) is 5.63. The molecule has 0 aliphatic heterocycles. The molecular weight excluding hydrogens is 619 g/mol. The van der Waals surface area contributed by atoms with Crippen LogP contribution in [0.2, 0.25) is 0 Å². The second kappa shape index (κ2) is 11.7. The second-order valence-electron chi connectivity index (χ2n) is 10.7. The highest BCUT2D eigenvalue weighted by molar-refractivity contribution is 7.92. The van der Waals surface area contributed by atoms with E-state index in [1.54, 1.807) is 36.1 Å². The van der Waals surface area contributed by atoms with Gasteiger partial charge in [-0.15, -0.1) is 0 Å². The summed E-state index contributed by atoms with van der Waals surface area (Å²) in [6.07, 6.45) is 5.05. The van der Waals surface area contributed by atoms with Crippen molar-refractivity contribution in [2.75, 3.05) is 4.72 Å². The van der Waals surface area contributed by atoms with Crippen molar-refractivity contribution in [2.45, 2.75) is 30.2 Å². The van der Waals surface area contributed by atoms with E-state index in [-0.39, 0.29) is 34.0 Å². The highest BCUT2D eigenvalue weighted by Crippen LogP contribution is 2.26. The zero-order valence-electron chi connectivity index (χ0n) is 24.1. The van der Waals surface area contributed by atoms with Gasteiger partial charge >= 0.3 is 5.97 Å². The minimum atomic E-state index is -4.18. The third-order valence-corrected chi connectivity index (χ3v) is 9.10. The van der Waals surface area contributed by atoms with Gasteiger partial charge in [0.1, 0.15) is 11.9 Å². The number of ketones is 1. The van der Waals surface area contributed by atoms with Crippen molar-refractivity contribution in [3.05, 3.63) is 112 Å². The summed E-state index contributed by atoms with van der Waals surface area (Å²) < 4.78 is 46.0. The zero-order chi connectivity index (χ0) is 32.7. The van der Waals surface area contributed by atoms with Gasteiger partial charge in [0.05, 0.1) is 45.1 Å². The minimum absolute atomic E-state index is 0.156. The molecule has 1 atom stereocenters. The fraction of sp³-hybridized carbons (Fsp3) is 0.161. The molecule has 5 aromatic rings. The van der Waals surface area contributed by atoms with Gasteiger partial charge in [0.15, 0.2) is 5.78 Å². The maximum Gasteiger partial charge on any atom is 0.326 e. The first-order valence-corrected chi connectivity index (χ1v) is 15.4. The van der Waals surface area contributed by atoms with Crippen molar-refractivity contribution in [1.82, 2.24) is 24.6 Å². The van der Waals surface area contributed by atoms with Crippen molar-refractivity contribution in [1.29, 1.82) is 0 Å². The molecule has 0 saturated heterocycles. The van der Waals surface area contributed by atoms with Crippen LogP contribution < -0.4 is 15.6 Å². The van der Waals surface area contributed by atoms with E-state index in [2.05, 4.69) is 20.0 Å². The molecule has 3 N–H and O–H groups in total. The molecular formula is C31H25FN6O7S. The summed E-state index contributed by atoms with van der Waals surface area (Å²) in [5, 5.41) is 12.5. The summed E-state index contributed by atoms with van der Waals surface area (Å²) in [5.41, 5.74) is 1.43. The first-order valence-electron chi connectivity index (χ1n) is 13.9. The van der Waals surface area contributed by atoms with Crippen LogP contribution in [-0.4, -0.2) is 56.6 Å². The number of aliphatic carboxylic acids is 1. The largest absolute Gasteiger partial charge is 0.480 e. The highest BCUT2D eigenvalue weighted by Gasteiger charge is 2.26. The van der Waals surface area contributed by atoms with E-state index in [0.717, 1.165) is 23.8 Å². The van der Waals surface area contributed by atoms with Crippen LogP contribution in [0.1, 0.15) is 38.4 Å². The lowest BCUT2D eigenvalue weighted by atomic mass is 10.1. The number of nitrogens with one attached hydrogen (secondary N) is 2. The minimum Gasteiger partial charge on any atom is -0.480 e. The molecule has 2 aromatic carbocycles. The molecule has 0 fully saturated rings. The summed E-state index contributed by atoms with van der Waals surface area (Å²) >= 11 is 0. The van der Waals surface area contributed by atoms with Crippen molar-refractivity contribution in [3.8, 4) is 5.69 Å². The van der Waals surface area contributed by atoms with Crippen molar-refractivity contribution >= 4 is 44.3 Å². The molecule has 0 bridgehead atoms. The number of nitrogens with zero attached hydrogens (tertiary/aromatic N) is 4. The normalized spacial score (nSPS) is 13.4. The van der Waals surface area contributed by atoms with Gasteiger partial charge in [-0.3, -0.25) is 33.8 Å². The van der Waals surface area contributed by atoms with Gasteiger partial charge in [0.25, 0.3) is 21.5 Å². The predicted octanol–water partition coefficient (Wildman–Crippen LogP) is 2.61. The van der Waals surface area contributed by atoms with Crippen LogP contribution in [0.3, 0.4) is 0 Å². The average Bonchev–Trinajstić information content (AvgIpc) is 3.52. The van der Waals surface area contributed by atoms with E-state index >= 15 is 4.39 Å². The number of carboxylic acid groups (broad SMARTS) is 1. The molecule has 3 aromatic heterocycles. The van der Waals surface area contributed by atoms with Crippen LogP contribution >= 0.6 is 0 Å². The van der Waals surface area contributed by atoms with Gasteiger partial charge in [0, 0.05) is 37.3 Å². The summed E-state index contributed by atoms with van der Waals surface area (Å²) in [6.45, 7) is 0. The Morgan fingerprint density at radius 1 is 1.04 bits per heavy atom. The molecule has 0 spiro atoms. The molecule has 0 radical (unpaired) electrons. The summed E-state index contributed by atoms with van der Waals surface area (Å²) in [4.78, 5) is 57.9. The van der Waals surface area contributed by atoms with Gasteiger partial charge in [0.2, 0.25) is 0 Å². The van der Waals surface area contributed by atoms with Gasteiger partial charge in [-0.1, -0.05) is 6.07 Å². The van der Waals surface area contributed by atoms with Gasteiger partial charge in [-0.25, -0.2) is 22.3 Å². The molecule has 46 heavy (non-hydrogen) atoms. The Morgan fingerprint density at radius 2 is 1.85 bits per heavy atom. The van der Waals surface area contributed by atoms with Gasteiger partial charge in [-0.2, -0.15) is 0 Å². The number of amides is 1. The number of carbonyl (C=O) groups is 3. The number of aromatic nitrogens is 4. The van der Waals surface area contributed by atoms with Crippen molar-refractivity contribution in [3.63, 3.8) is 0 Å². The molecule has 1 aliphatic carbocycles. The van der Waals surface area contributed by atoms with Crippen LogP contribution in [-0.2, 0) is 34.7 Å². The van der Waals surface area contributed by atoms with Crippen LogP contribution in [0.25, 0.3) is 16.6 Å². The summed E-state index contributed by atoms with van der Waals surface area (Å²) in [7, 11) is -2.50. The molecule has 6 rings (SSSR count). The van der Waals surface area contributed by atoms with Gasteiger partial charge in [-0.05, 0) is 60.5 Å². The monoisotopic (exact) mass is 644 g/mol. The second-order valence-corrected chi connectivity index (χ2v) is 12.3. The lowest BCUT2D eigenvalue weighted by Crippen LogP contribution is -2.42. The molecule has 0 unspecified atom stereocenters. The number of Topliss-reactive ketones (excluding diaryl/α,β-unsaturated/α-hetero) is 1. The Hall–Kier alpha value is -5.70. The van der Waals surface area contributed by atoms with E-state index in [0.29, 0.717) is 35.0 Å². The van der Waals surface area contributed by atoms with Gasteiger partial charge < -0.3 is 10.4 Å². The number of hydrogen-bond acceptors (Lipinski definition) is 8. The number of sulfonamides is 1. The van der Waals surface area contributed by atoms with E-state index in [1.165, 1.54) is 35.3 Å². The van der Waals surface area contributed by atoms with Crippen LogP contribution in [0.5, 0.6) is 0 Å². The Morgan fingerprint density at radius 3 is 2.54 bits per heavy atom. The number of anilines is 1. The number of carboxylic acids is 1.